The smallest absolute Gasteiger partial charge is 0.305 e. The number of hydrogen-bond acceptors (Lipinski definition) is 10. The number of carbonyl (C=O) groups is 6. The molecule has 0 radical (unpaired) electrons. The van der Waals surface area contributed by atoms with Crippen molar-refractivity contribution in [1.29, 1.82) is 0 Å². The SMILES string of the molecule is COc1cc(C)c(S(=O)(=O)NC(N)=NCCC[C@@H]2NC(=O)[C@@H](C(C)C)NC(=O)[C@H](Cc3ccccc3)NC(=O)[C@H](CC(=O)O)NC(=O)CCNC2=O)c(C)c1C. The van der Waals surface area contributed by atoms with Gasteiger partial charge in [0.1, 0.15) is 29.9 Å². The van der Waals surface area contributed by atoms with Crippen LogP contribution in [0, 0.1) is 26.7 Å². The average Bonchev–Trinajstić information content (AvgIpc) is 3.11. The van der Waals surface area contributed by atoms with Crippen LogP contribution >= 0.6 is 0 Å². The van der Waals surface area contributed by atoms with Crippen LogP contribution in [0.3, 0.4) is 0 Å². The number of guanidine groups is 1. The maximum Gasteiger partial charge on any atom is 0.305 e. The number of amides is 5. The lowest BCUT2D eigenvalue weighted by atomic mass is 9.99. The number of aryl methyl sites for hydroxylation is 1. The summed E-state index contributed by atoms with van der Waals surface area (Å²) in [6.07, 6.45) is -1.01. The first-order valence-electron chi connectivity index (χ1n) is 18.1. The first kappa shape index (κ1) is 44.7. The number of aliphatic carboxylic acids is 1. The monoisotopic (exact) mass is 800 g/mol. The highest BCUT2D eigenvalue weighted by molar-refractivity contribution is 7.90. The van der Waals surface area contributed by atoms with Crippen LogP contribution in [-0.2, 0) is 45.2 Å². The molecular formula is C37H52N8O10S. The number of carbonyl (C=O) groups excluding carboxylic acids is 5. The van der Waals surface area contributed by atoms with Gasteiger partial charge in [0.05, 0.1) is 18.4 Å². The fourth-order valence-electron chi connectivity index (χ4n) is 6.09. The van der Waals surface area contributed by atoms with E-state index in [1.165, 1.54) is 7.11 Å². The molecule has 1 aliphatic heterocycles. The molecule has 5 amide bonds. The van der Waals surface area contributed by atoms with Gasteiger partial charge in [-0.05, 0) is 67.9 Å². The summed E-state index contributed by atoms with van der Waals surface area (Å²) in [6.45, 7) is 8.09. The molecule has 3 rings (SSSR count). The van der Waals surface area contributed by atoms with E-state index in [1.54, 1.807) is 71.0 Å². The first-order valence-corrected chi connectivity index (χ1v) is 19.5. The van der Waals surface area contributed by atoms with Crippen LogP contribution in [0.2, 0.25) is 0 Å². The minimum Gasteiger partial charge on any atom is -0.496 e. The molecule has 0 unspecified atom stereocenters. The number of benzene rings is 2. The summed E-state index contributed by atoms with van der Waals surface area (Å²) >= 11 is 0. The Labute approximate surface area is 326 Å². The molecule has 2 aromatic rings. The van der Waals surface area contributed by atoms with E-state index in [2.05, 4.69) is 36.3 Å². The third kappa shape index (κ3) is 12.7. The molecule has 1 saturated heterocycles. The highest BCUT2D eigenvalue weighted by Gasteiger charge is 2.34. The Kier molecular flexibility index (Phi) is 16.2. The lowest BCUT2D eigenvalue weighted by Gasteiger charge is -2.28. The molecule has 0 bridgehead atoms. The van der Waals surface area contributed by atoms with Crippen molar-refractivity contribution < 1.29 is 47.0 Å². The summed E-state index contributed by atoms with van der Waals surface area (Å²) in [4.78, 5) is 82.7. The van der Waals surface area contributed by atoms with E-state index in [9.17, 15) is 42.3 Å². The van der Waals surface area contributed by atoms with Crippen molar-refractivity contribution in [2.24, 2.45) is 16.6 Å². The quantitative estimate of drug-likeness (QED) is 0.0793. The summed E-state index contributed by atoms with van der Waals surface area (Å²) < 4.78 is 34.1. The Morgan fingerprint density at radius 3 is 2.20 bits per heavy atom. The molecular weight excluding hydrogens is 749 g/mol. The normalized spacial score (nSPS) is 20.6. The van der Waals surface area contributed by atoms with Gasteiger partial charge in [0, 0.05) is 25.9 Å². The van der Waals surface area contributed by atoms with Crippen LogP contribution in [0.5, 0.6) is 5.75 Å². The minimum atomic E-state index is -4.13. The van der Waals surface area contributed by atoms with E-state index < -0.39 is 88.0 Å². The van der Waals surface area contributed by atoms with E-state index >= 15 is 0 Å². The Morgan fingerprint density at radius 2 is 1.57 bits per heavy atom. The Hall–Kier alpha value is -5.72. The molecule has 4 atom stereocenters. The zero-order valence-corrected chi connectivity index (χ0v) is 33.2. The Balaban J connectivity index is 1.83. The standard InChI is InChI=1S/C37H52N8O10S/c1-20(2)31-36(52)42-25(13-10-15-40-37(38)45-56(53,54)32-21(3)17-28(55-6)22(4)23(32)5)33(49)39-16-14-29(46)41-27(19-30(47)48)34(50)43-26(35(51)44-31)18-24-11-8-7-9-12-24/h7-9,11-12,17,20,25-27,31H,10,13-16,18-19H2,1-6H3,(H,39,49)(H,41,46)(H,42,52)(H,43,50)(H,44,51)(H,47,48)(H3,38,40,45)/t25-,26-,27-,31+/m0/s1. The summed E-state index contributed by atoms with van der Waals surface area (Å²) in [6, 6.07) is 5.11. The van der Waals surface area contributed by atoms with Crippen molar-refractivity contribution in [2.45, 2.75) is 95.8 Å². The molecule has 0 spiro atoms. The Bertz CT molecular complexity index is 1920. The molecule has 0 aromatic heterocycles. The highest BCUT2D eigenvalue weighted by Crippen LogP contribution is 2.30. The van der Waals surface area contributed by atoms with E-state index in [1.807, 2.05) is 0 Å². The fraction of sp³-hybridized carbons (Fsp3) is 0.486. The van der Waals surface area contributed by atoms with E-state index in [0.717, 1.165) is 0 Å². The number of rotatable bonds is 12. The van der Waals surface area contributed by atoms with Crippen molar-refractivity contribution in [2.75, 3.05) is 20.2 Å². The molecule has 0 saturated carbocycles. The topological polar surface area (TPSA) is 277 Å². The van der Waals surface area contributed by atoms with Gasteiger partial charge in [-0.15, -0.1) is 0 Å². The molecule has 19 heteroatoms. The van der Waals surface area contributed by atoms with E-state index in [0.29, 0.717) is 28.0 Å². The minimum absolute atomic E-state index is 0.00464. The van der Waals surface area contributed by atoms with Crippen LogP contribution < -0.4 is 41.8 Å². The third-order valence-corrected chi connectivity index (χ3v) is 10.8. The summed E-state index contributed by atoms with van der Waals surface area (Å²) in [7, 11) is -2.65. The largest absolute Gasteiger partial charge is 0.496 e. The molecule has 18 nitrogen and oxygen atoms in total. The summed E-state index contributed by atoms with van der Waals surface area (Å²) in [5.41, 5.74) is 8.18. The number of carboxylic acids is 1. The van der Waals surface area contributed by atoms with Crippen LogP contribution in [0.25, 0.3) is 0 Å². The third-order valence-electron chi connectivity index (χ3n) is 9.12. The van der Waals surface area contributed by atoms with Gasteiger partial charge in [-0.2, -0.15) is 0 Å². The molecule has 306 valence electrons. The van der Waals surface area contributed by atoms with Gasteiger partial charge in [0.25, 0.3) is 10.0 Å². The molecule has 1 heterocycles. The van der Waals surface area contributed by atoms with Gasteiger partial charge in [-0.25, -0.2) is 13.1 Å². The van der Waals surface area contributed by atoms with Crippen molar-refractivity contribution in [3.8, 4) is 5.75 Å². The maximum atomic E-state index is 13.7. The zero-order chi connectivity index (χ0) is 41.7. The number of ether oxygens (including phenoxy) is 1. The van der Waals surface area contributed by atoms with Crippen LogP contribution in [0.15, 0.2) is 46.3 Å². The number of nitrogens with two attached hydrogens (primary N) is 1. The maximum absolute atomic E-state index is 13.7. The molecule has 1 aliphatic rings. The summed E-state index contributed by atoms with van der Waals surface area (Å²) in [5.74, 6) is -5.53. The van der Waals surface area contributed by atoms with Crippen molar-refractivity contribution in [3.05, 3.63) is 58.7 Å². The lowest BCUT2D eigenvalue weighted by Crippen LogP contribution is -2.60. The Morgan fingerprint density at radius 1 is 0.929 bits per heavy atom. The zero-order valence-electron chi connectivity index (χ0n) is 32.4. The first-order chi connectivity index (χ1) is 26.3. The second-order valence-corrected chi connectivity index (χ2v) is 15.4. The number of sulfonamides is 1. The number of nitrogens with zero attached hydrogens (tertiary/aromatic N) is 1. The molecule has 9 N–H and O–H groups in total. The summed E-state index contributed by atoms with van der Waals surface area (Å²) in [5, 5.41) is 22.3. The number of aliphatic imine (C=N–C) groups is 1. The van der Waals surface area contributed by atoms with E-state index in [-0.39, 0.29) is 43.7 Å². The van der Waals surface area contributed by atoms with Gasteiger partial charge in [-0.1, -0.05) is 44.2 Å². The van der Waals surface area contributed by atoms with Crippen molar-refractivity contribution in [3.63, 3.8) is 0 Å². The van der Waals surface area contributed by atoms with Crippen LogP contribution in [0.4, 0.5) is 0 Å². The van der Waals surface area contributed by atoms with E-state index in [4.69, 9.17) is 10.5 Å². The predicted octanol–water partition coefficient (Wildman–Crippen LogP) is -0.174. The van der Waals surface area contributed by atoms with Gasteiger partial charge < -0.3 is 42.2 Å². The highest BCUT2D eigenvalue weighted by atomic mass is 32.2. The number of carboxylic acid groups (broad SMARTS) is 1. The molecule has 2 aromatic carbocycles. The molecule has 0 aliphatic carbocycles. The number of hydrogen-bond donors (Lipinski definition) is 8. The van der Waals surface area contributed by atoms with Gasteiger partial charge in [0.15, 0.2) is 0 Å². The fourth-order valence-corrected chi connectivity index (χ4v) is 7.57. The number of nitrogens with one attached hydrogen (secondary N) is 6. The average molecular weight is 801 g/mol. The predicted molar refractivity (Wildman–Crippen MR) is 206 cm³/mol. The van der Waals surface area contributed by atoms with Crippen LogP contribution in [-0.4, -0.2) is 99.4 Å². The second kappa shape index (κ2) is 20.3. The second-order valence-electron chi connectivity index (χ2n) is 13.8. The van der Waals surface area contributed by atoms with Crippen molar-refractivity contribution in [1.82, 2.24) is 31.3 Å². The van der Waals surface area contributed by atoms with Crippen LogP contribution in [0.1, 0.15) is 61.8 Å². The van der Waals surface area contributed by atoms with Gasteiger partial charge >= 0.3 is 5.97 Å². The number of methoxy groups -OCH3 is 1. The van der Waals surface area contributed by atoms with Crippen molar-refractivity contribution >= 4 is 51.5 Å². The molecule has 1 fully saturated rings. The molecule has 56 heavy (non-hydrogen) atoms. The lowest BCUT2D eigenvalue weighted by molar-refractivity contribution is -0.141. The van der Waals surface area contributed by atoms with Gasteiger partial charge in [-0.3, -0.25) is 33.8 Å². The van der Waals surface area contributed by atoms with Gasteiger partial charge in [0.2, 0.25) is 35.5 Å².